The third-order valence-electron chi connectivity index (χ3n) is 3.98. The highest BCUT2D eigenvalue weighted by molar-refractivity contribution is 7.11. The van der Waals surface area contributed by atoms with Gasteiger partial charge in [-0.15, -0.1) is 11.3 Å². The minimum atomic E-state index is -0.0140. The Labute approximate surface area is 140 Å². The number of hydrogen-bond acceptors (Lipinski definition) is 5. The Morgan fingerprint density at radius 2 is 2.52 bits per heavy atom. The zero-order valence-electron chi connectivity index (χ0n) is 13.2. The zero-order valence-corrected chi connectivity index (χ0v) is 14.0. The lowest BCUT2D eigenvalue weighted by Crippen LogP contribution is -2.31. The fourth-order valence-corrected chi connectivity index (χ4v) is 3.43. The van der Waals surface area contributed by atoms with Crippen LogP contribution in [0.3, 0.4) is 0 Å². The second-order valence-corrected chi connectivity index (χ2v) is 6.86. The average molecular weight is 331 g/mol. The van der Waals surface area contributed by atoms with E-state index in [0.29, 0.717) is 10.8 Å². The van der Waals surface area contributed by atoms with Gasteiger partial charge in [-0.1, -0.05) is 5.57 Å². The molecule has 0 saturated carbocycles. The van der Waals surface area contributed by atoms with E-state index < -0.39 is 0 Å². The number of carbonyl (C=O) groups is 1. The van der Waals surface area contributed by atoms with Crippen LogP contribution in [0, 0.1) is 5.92 Å². The van der Waals surface area contributed by atoms with Gasteiger partial charge in [0.2, 0.25) is 0 Å². The van der Waals surface area contributed by atoms with Gasteiger partial charge in [0.05, 0.1) is 18.0 Å². The lowest BCUT2D eigenvalue weighted by Gasteiger charge is -2.16. The van der Waals surface area contributed by atoms with E-state index in [0.717, 1.165) is 38.4 Å². The van der Waals surface area contributed by atoms with Crippen molar-refractivity contribution >= 4 is 23.3 Å². The van der Waals surface area contributed by atoms with Gasteiger partial charge in [0.25, 0.3) is 5.91 Å². The van der Waals surface area contributed by atoms with Crippen LogP contribution in [0.4, 0.5) is 0 Å². The lowest BCUT2D eigenvalue weighted by molar-refractivity contribution is 0.0951. The Balaban J connectivity index is 1.42. The number of aromatic nitrogens is 1. The van der Waals surface area contributed by atoms with Crippen molar-refractivity contribution in [1.82, 2.24) is 15.2 Å². The molecule has 2 aromatic heterocycles. The van der Waals surface area contributed by atoms with Gasteiger partial charge in [0.15, 0.2) is 0 Å². The highest BCUT2D eigenvalue weighted by atomic mass is 32.1. The van der Waals surface area contributed by atoms with Crippen molar-refractivity contribution in [3.8, 4) is 0 Å². The van der Waals surface area contributed by atoms with Crippen molar-refractivity contribution in [3.63, 3.8) is 0 Å². The Bertz CT molecular complexity index is 649. The van der Waals surface area contributed by atoms with E-state index in [1.54, 1.807) is 18.0 Å². The second kappa shape index (κ2) is 7.57. The molecule has 3 heterocycles. The molecule has 1 N–H and O–H groups in total. The minimum absolute atomic E-state index is 0.0140. The van der Waals surface area contributed by atoms with E-state index in [-0.39, 0.29) is 5.91 Å². The summed E-state index contributed by atoms with van der Waals surface area (Å²) >= 11 is 1.37. The number of nitrogens with zero attached hydrogens (tertiary/aromatic N) is 2. The molecule has 1 amide bonds. The zero-order chi connectivity index (χ0) is 16.1. The largest absolute Gasteiger partial charge is 0.465 e. The molecule has 1 saturated heterocycles. The molecule has 1 atom stereocenters. The fraction of sp³-hybridized carbons (Fsp3) is 0.412. The van der Waals surface area contributed by atoms with Gasteiger partial charge in [-0.2, -0.15) is 0 Å². The molecule has 0 spiro atoms. The van der Waals surface area contributed by atoms with Crippen molar-refractivity contribution < 1.29 is 9.21 Å². The van der Waals surface area contributed by atoms with Gasteiger partial charge in [-0.05, 0) is 44.0 Å². The van der Waals surface area contributed by atoms with Crippen LogP contribution in [-0.2, 0) is 0 Å². The summed E-state index contributed by atoms with van der Waals surface area (Å²) in [4.78, 5) is 19.0. The standard InChI is InChI=1S/C17H21N3O2S/c1-13(7-15-3-2-6-22-15)10-20-5-4-14(11-20)8-19-17(21)16-9-18-12-23-16/h2-3,6-7,9,12,14H,4-5,8,10-11H2,1H3,(H,19,21)/b13-7+/t14-/m0/s1. The summed E-state index contributed by atoms with van der Waals surface area (Å²) in [6.07, 6.45) is 6.51. The number of furan rings is 1. The summed E-state index contributed by atoms with van der Waals surface area (Å²) in [7, 11) is 0. The van der Waals surface area contributed by atoms with E-state index in [1.807, 2.05) is 12.1 Å². The average Bonchev–Trinajstić information content (AvgIpc) is 3.27. The lowest BCUT2D eigenvalue weighted by atomic mass is 10.1. The summed E-state index contributed by atoms with van der Waals surface area (Å²) < 4.78 is 5.34. The summed E-state index contributed by atoms with van der Waals surface area (Å²) in [6.45, 7) is 5.90. The topological polar surface area (TPSA) is 58.4 Å². The highest BCUT2D eigenvalue weighted by Crippen LogP contribution is 2.18. The molecular weight excluding hydrogens is 310 g/mol. The van der Waals surface area contributed by atoms with Crippen LogP contribution in [0.15, 0.2) is 40.1 Å². The predicted molar refractivity (Wildman–Crippen MR) is 91.4 cm³/mol. The van der Waals surface area contributed by atoms with Crippen LogP contribution in [0.1, 0.15) is 28.8 Å². The Kier molecular flexibility index (Phi) is 5.25. The molecule has 1 fully saturated rings. The van der Waals surface area contributed by atoms with E-state index in [9.17, 15) is 4.79 Å². The molecule has 2 aromatic rings. The summed E-state index contributed by atoms with van der Waals surface area (Å²) in [5, 5.41) is 3.01. The SMILES string of the molecule is C/C(=C\c1ccco1)CN1CC[C@@H](CNC(=O)c2cncs2)C1. The Morgan fingerprint density at radius 1 is 1.61 bits per heavy atom. The summed E-state index contributed by atoms with van der Waals surface area (Å²) in [5.41, 5.74) is 2.97. The van der Waals surface area contributed by atoms with E-state index >= 15 is 0 Å². The third kappa shape index (κ3) is 4.53. The van der Waals surface area contributed by atoms with Gasteiger partial charge in [-0.3, -0.25) is 14.7 Å². The summed E-state index contributed by atoms with van der Waals surface area (Å²) in [5.74, 6) is 1.40. The predicted octanol–water partition coefficient (Wildman–Crippen LogP) is 2.89. The van der Waals surface area contributed by atoms with Crippen molar-refractivity contribution in [3.05, 3.63) is 46.3 Å². The number of nitrogens with one attached hydrogen (secondary N) is 1. The molecule has 0 bridgehead atoms. The first-order chi connectivity index (χ1) is 11.2. The van der Waals surface area contributed by atoms with Crippen LogP contribution >= 0.6 is 11.3 Å². The minimum Gasteiger partial charge on any atom is -0.465 e. The number of carbonyl (C=O) groups excluding carboxylic acids is 1. The fourth-order valence-electron chi connectivity index (χ4n) is 2.89. The quantitative estimate of drug-likeness (QED) is 0.884. The van der Waals surface area contributed by atoms with Crippen molar-refractivity contribution in [2.24, 2.45) is 5.92 Å². The third-order valence-corrected chi connectivity index (χ3v) is 4.75. The maximum Gasteiger partial charge on any atom is 0.263 e. The normalized spacial score (nSPS) is 19.2. The maximum absolute atomic E-state index is 11.9. The van der Waals surface area contributed by atoms with Gasteiger partial charge in [-0.25, -0.2) is 0 Å². The molecule has 23 heavy (non-hydrogen) atoms. The molecule has 0 aliphatic carbocycles. The van der Waals surface area contributed by atoms with Crippen LogP contribution < -0.4 is 5.32 Å². The summed E-state index contributed by atoms with van der Waals surface area (Å²) in [6, 6.07) is 3.86. The van der Waals surface area contributed by atoms with Crippen LogP contribution in [0.2, 0.25) is 0 Å². The smallest absolute Gasteiger partial charge is 0.263 e. The number of thiazole rings is 1. The first kappa shape index (κ1) is 16.0. The van der Waals surface area contributed by atoms with Crippen LogP contribution in [0.25, 0.3) is 6.08 Å². The molecule has 3 rings (SSSR count). The van der Waals surface area contributed by atoms with Crippen molar-refractivity contribution in [2.45, 2.75) is 13.3 Å². The highest BCUT2D eigenvalue weighted by Gasteiger charge is 2.23. The first-order valence-electron chi connectivity index (χ1n) is 7.80. The van der Waals surface area contributed by atoms with Gasteiger partial charge in [0, 0.05) is 19.6 Å². The maximum atomic E-state index is 11.9. The number of likely N-dealkylation sites (tertiary alicyclic amines) is 1. The Hall–Kier alpha value is -1.92. The molecule has 1 aliphatic heterocycles. The van der Waals surface area contributed by atoms with Crippen molar-refractivity contribution in [1.29, 1.82) is 0 Å². The number of rotatable bonds is 6. The molecule has 1 aliphatic rings. The van der Waals surface area contributed by atoms with E-state index in [2.05, 4.69) is 28.2 Å². The van der Waals surface area contributed by atoms with E-state index in [1.165, 1.54) is 16.9 Å². The van der Waals surface area contributed by atoms with Crippen molar-refractivity contribution in [2.75, 3.05) is 26.2 Å². The second-order valence-electron chi connectivity index (χ2n) is 5.97. The van der Waals surface area contributed by atoms with Crippen LogP contribution in [0.5, 0.6) is 0 Å². The molecule has 5 nitrogen and oxygen atoms in total. The first-order valence-corrected chi connectivity index (χ1v) is 8.68. The van der Waals surface area contributed by atoms with Gasteiger partial charge < -0.3 is 9.73 Å². The molecule has 0 unspecified atom stereocenters. The van der Waals surface area contributed by atoms with Gasteiger partial charge >= 0.3 is 0 Å². The number of hydrogen-bond donors (Lipinski definition) is 1. The van der Waals surface area contributed by atoms with E-state index in [4.69, 9.17) is 4.42 Å². The molecule has 122 valence electrons. The van der Waals surface area contributed by atoms with Crippen LogP contribution in [-0.4, -0.2) is 42.0 Å². The Morgan fingerprint density at radius 3 is 3.26 bits per heavy atom. The molecule has 0 radical (unpaired) electrons. The van der Waals surface area contributed by atoms with Gasteiger partial charge in [0.1, 0.15) is 10.6 Å². The molecule has 6 heteroatoms. The molecule has 0 aromatic carbocycles. The molecular formula is C17H21N3O2S. The monoisotopic (exact) mass is 331 g/mol. The number of amides is 1.